The predicted octanol–water partition coefficient (Wildman–Crippen LogP) is 24.0. The van der Waals surface area contributed by atoms with Gasteiger partial charge in [-0.15, -0.1) is 0 Å². The van der Waals surface area contributed by atoms with E-state index in [9.17, 15) is 19.2 Å². The maximum atomic E-state index is 10.2. The lowest BCUT2D eigenvalue weighted by molar-refractivity contribution is 0.569. The highest BCUT2D eigenvalue weighted by Gasteiger charge is 2.46. The molecule has 14 aromatic carbocycles. The van der Waals surface area contributed by atoms with Crippen molar-refractivity contribution in [3.8, 4) is 50.4 Å². The summed E-state index contributed by atoms with van der Waals surface area (Å²) in [6.07, 6.45) is 0. The fraction of sp³-hybridized carbons (Fsp3) is 0.125. The van der Waals surface area contributed by atoms with Crippen LogP contribution in [-0.4, -0.2) is 20.4 Å². The highest BCUT2D eigenvalue weighted by Crippen LogP contribution is 2.53. The zero-order valence-corrected chi connectivity index (χ0v) is 58.0. The number of hydrogen-bond donors (Lipinski definition) is 0. The second-order valence-electron chi connectivity index (χ2n) is 30.1. The van der Waals surface area contributed by atoms with Crippen molar-refractivity contribution in [1.82, 2.24) is 13.7 Å². The van der Waals surface area contributed by atoms with Gasteiger partial charge in [0.25, 0.3) is 6.71 Å². The standard InChI is InChI=1S/C96H78BN5/c1-94(2,3)66-53-65(54-67(57-66)95(4,5)6)64-47-50-79-87(56-64)101(85-52-48-63(61-29-13-10-14-30-61)55-77(85)62-31-15-11-16-32-62)89-59-70(99-83-44-25-21-37-73(83)74-38-22-26-45-84(74)99)60-90-91(89)97(79)80-51-49-69(98-81-42-23-19-35-71(81)72-36-20-24-43-82(72)98)58-88(80)102(90)86-46-28-40-76-75-39-27-41-78(96(7,8)9)92(75)100(93(76)86)68-33-17-12-18-34-68/h10-60H,1-9H3/i19D,20D,21D,22D,23D,24D,25D,26D,35D,36D,37D,38D,42D,43D,44D,45D. The molecule has 17 aromatic rings. The number of para-hydroxylation sites is 7. The first-order valence-electron chi connectivity index (χ1n) is 42.8. The van der Waals surface area contributed by atoms with Crippen LogP contribution in [0.2, 0.25) is 0 Å². The van der Waals surface area contributed by atoms with E-state index in [4.69, 9.17) is 2.74 Å². The summed E-state index contributed by atoms with van der Waals surface area (Å²) in [7, 11) is 0. The van der Waals surface area contributed by atoms with E-state index >= 15 is 0 Å². The molecule has 19 rings (SSSR count). The topological polar surface area (TPSA) is 21.3 Å². The van der Waals surface area contributed by atoms with E-state index < -0.39 is 109 Å². The van der Waals surface area contributed by atoms with Crippen molar-refractivity contribution < 1.29 is 21.9 Å². The second-order valence-corrected chi connectivity index (χ2v) is 30.1. The summed E-state index contributed by atoms with van der Waals surface area (Å²) < 4.78 is 159. The molecule has 0 saturated heterocycles. The van der Waals surface area contributed by atoms with Gasteiger partial charge in [0.15, 0.2) is 0 Å². The van der Waals surface area contributed by atoms with Gasteiger partial charge in [-0.1, -0.05) is 286 Å². The van der Waals surface area contributed by atoms with Crippen LogP contribution in [0, 0.1) is 0 Å². The molecule has 490 valence electrons. The maximum Gasteiger partial charge on any atom is 0.252 e. The molecule has 5 heterocycles. The van der Waals surface area contributed by atoms with E-state index in [1.807, 2.05) is 91.0 Å². The molecule has 0 amide bonds. The Bertz CT molecular complexity index is 7090. The number of fused-ring (bicyclic) bond motifs is 13. The molecule has 3 aromatic heterocycles. The molecule has 0 unspecified atom stereocenters. The van der Waals surface area contributed by atoms with Crippen molar-refractivity contribution in [2.75, 3.05) is 9.80 Å². The highest BCUT2D eigenvalue weighted by molar-refractivity contribution is 7.00. The third-order valence-electron chi connectivity index (χ3n) is 20.9. The van der Waals surface area contributed by atoms with Gasteiger partial charge in [-0.25, -0.2) is 0 Å². The fourth-order valence-electron chi connectivity index (χ4n) is 16.1. The van der Waals surface area contributed by atoms with Crippen LogP contribution in [0.15, 0.2) is 309 Å². The third-order valence-corrected chi connectivity index (χ3v) is 20.9. The van der Waals surface area contributed by atoms with Crippen LogP contribution in [-0.2, 0) is 16.2 Å². The van der Waals surface area contributed by atoms with Crippen molar-refractivity contribution in [2.45, 2.75) is 78.6 Å². The molecule has 6 heteroatoms. The predicted molar refractivity (Wildman–Crippen MR) is 436 cm³/mol. The van der Waals surface area contributed by atoms with Crippen molar-refractivity contribution in [2.24, 2.45) is 0 Å². The average molecular weight is 1330 g/mol. The van der Waals surface area contributed by atoms with Gasteiger partial charge in [0, 0.05) is 72.0 Å². The summed E-state index contributed by atoms with van der Waals surface area (Å²) in [6.45, 7) is 19.1. The molecular formula is C96H78BN5. The summed E-state index contributed by atoms with van der Waals surface area (Å²) in [5, 5.41) is 1.40. The van der Waals surface area contributed by atoms with E-state index in [0.29, 0.717) is 22.7 Å². The Morgan fingerprint density at radius 2 is 0.745 bits per heavy atom. The fourth-order valence-corrected chi connectivity index (χ4v) is 16.1. The van der Waals surface area contributed by atoms with Gasteiger partial charge in [-0.3, -0.25) is 0 Å². The van der Waals surface area contributed by atoms with Gasteiger partial charge in [-0.05, 0) is 162 Å². The lowest BCUT2D eigenvalue weighted by Crippen LogP contribution is -2.61. The van der Waals surface area contributed by atoms with Crippen molar-refractivity contribution >= 4 is 123 Å². The zero-order valence-electron chi connectivity index (χ0n) is 74.0. The number of aromatic nitrogens is 3. The summed E-state index contributed by atoms with van der Waals surface area (Å²) in [5.41, 5.74) is 16.6. The van der Waals surface area contributed by atoms with Gasteiger partial charge >= 0.3 is 0 Å². The molecule has 0 spiro atoms. The van der Waals surface area contributed by atoms with Crippen LogP contribution in [0.3, 0.4) is 0 Å². The molecule has 0 bridgehead atoms. The molecule has 0 radical (unpaired) electrons. The number of nitrogens with zero attached hydrogens (tertiary/aromatic N) is 5. The quantitative estimate of drug-likeness (QED) is 0.141. The van der Waals surface area contributed by atoms with Crippen LogP contribution >= 0.6 is 0 Å². The second kappa shape index (κ2) is 22.8. The van der Waals surface area contributed by atoms with E-state index in [1.54, 1.807) is 4.57 Å². The first kappa shape index (κ1) is 46.5. The molecule has 0 atom stereocenters. The van der Waals surface area contributed by atoms with Crippen LogP contribution in [0.4, 0.5) is 34.1 Å². The zero-order chi connectivity index (χ0) is 83.0. The molecule has 0 saturated carbocycles. The molecule has 102 heavy (non-hydrogen) atoms. The van der Waals surface area contributed by atoms with Gasteiger partial charge in [0.05, 0.1) is 72.1 Å². The number of rotatable bonds is 8. The Morgan fingerprint density at radius 1 is 0.284 bits per heavy atom. The largest absolute Gasteiger partial charge is 0.311 e. The molecule has 2 aliphatic heterocycles. The minimum absolute atomic E-state index is 0.0781. The van der Waals surface area contributed by atoms with Crippen LogP contribution in [0.25, 0.3) is 116 Å². The van der Waals surface area contributed by atoms with Gasteiger partial charge < -0.3 is 23.5 Å². The molecule has 0 fully saturated rings. The first-order valence-corrected chi connectivity index (χ1v) is 34.8. The van der Waals surface area contributed by atoms with E-state index in [1.165, 1.54) is 4.57 Å². The van der Waals surface area contributed by atoms with Gasteiger partial charge in [0.1, 0.15) is 0 Å². The normalized spacial score (nSPS) is 15.3. The molecule has 0 N–H and O–H groups in total. The van der Waals surface area contributed by atoms with E-state index in [0.717, 1.165) is 105 Å². The molecule has 5 nitrogen and oxygen atoms in total. The Morgan fingerprint density at radius 3 is 1.30 bits per heavy atom. The van der Waals surface area contributed by atoms with Crippen molar-refractivity contribution in [3.05, 3.63) is 326 Å². The van der Waals surface area contributed by atoms with Crippen molar-refractivity contribution in [1.29, 1.82) is 0 Å². The monoisotopic (exact) mass is 1330 g/mol. The summed E-state index contributed by atoms with van der Waals surface area (Å²) in [5.74, 6) is 0. The third kappa shape index (κ3) is 9.52. The lowest BCUT2D eigenvalue weighted by Gasteiger charge is -2.45. The maximum absolute atomic E-state index is 10.2. The van der Waals surface area contributed by atoms with E-state index in [2.05, 4.69) is 198 Å². The number of benzene rings is 14. The first-order chi connectivity index (χ1) is 56.2. The van der Waals surface area contributed by atoms with Gasteiger partial charge in [0.2, 0.25) is 0 Å². The summed E-state index contributed by atoms with van der Waals surface area (Å²) in [6, 6.07) is 64.2. The van der Waals surface area contributed by atoms with E-state index in [-0.39, 0.29) is 65.8 Å². The SMILES string of the molecule is [2H]c1c([2H])c([2H])c2c(c1[2H])c1c([2H])c([2H])c([2H])c([2H])c1n2-c1ccc2c(c1)N(c1cccc3c4cccc(C(C)(C)C)c4n(-c4ccccc4)c13)c1cc(-n3c4c([2H])c([2H])c([2H])c([2H])c4c4c([2H])c([2H])c([2H])c([2H])c43)cc3c1B2c1ccc(-c2cc(C(C)(C)C)cc(C(C)(C)C)c2)cc1N3c1ccc(-c2ccccc2)cc1-c1ccccc1. The number of hydrogen-bond acceptors (Lipinski definition) is 2. The molecular weight excluding hydrogens is 1230 g/mol. The highest BCUT2D eigenvalue weighted by atomic mass is 15.2. The number of anilines is 6. The smallest absolute Gasteiger partial charge is 0.252 e. The Kier molecular flexibility index (Phi) is 10.4. The Balaban J connectivity index is 1.06. The minimum atomic E-state index is -0.762. The average Bonchev–Trinajstić information content (AvgIpc) is 1.17. The minimum Gasteiger partial charge on any atom is -0.311 e. The molecule has 0 aliphatic carbocycles. The van der Waals surface area contributed by atoms with Crippen LogP contribution in [0.5, 0.6) is 0 Å². The van der Waals surface area contributed by atoms with Crippen molar-refractivity contribution in [3.63, 3.8) is 0 Å². The van der Waals surface area contributed by atoms with Crippen LogP contribution < -0.4 is 26.2 Å². The Labute approximate surface area is 620 Å². The summed E-state index contributed by atoms with van der Waals surface area (Å²) in [4.78, 5) is 4.46. The summed E-state index contributed by atoms with van der Waals surface area (Å²) >= 11 is 0. The van der Waals surface area contributed by atoms with Crippen LogP contribution in [0.1, 0.15) is 101 Å². The van der Waals surface area contributed by atoms with Gasteiger partial charge in [-0.2, -0.15) is 0 Å². The molecule has 2 aliphatic rings. The Hall–Kier alpha value is -11.9. The lowest BCUT2D eigenvalue weighted by atomic mass is 9.33.